The first-order valence-corrected chi connectivity index (χ1v) is 5.96. The fourth-order valence-corrected chi connectivity index (χ4v) is 1.76. The zero-order valence-corrected chi connectivity index (χ0v) is 11.1. The highest BCUT2D eigenvalue weighted by atomic mass is 19.1. The maximum Gasteiger partial charge on any atom is 0.255 e. The molecule has 20 heavy (non-hydrogen) atoms. The predicted molar refractivity (Wildman–Crippen MR) is 73.7 cm³/mol. The van der Waals surface area contributed by atoms with Crippen molar-refractivity contribution < 1.29 is 19.0 Å². The lowest BCUT2D eigenvalue weighted by molar-refractivity contribution is 0.102. The SMILES string of the molecule is COc1cc(F)ccc1NC(=O)c1ccc(O)c(C)c1. The molecule has 2 N–H and O–H groups in total. The summed E-state index contributed by atoms with van der Waals surface area (Å²) in [6.45, 7) is 1.70. The predicted octanol–water partition coefficient (Wildman–Crippen LogP) is 3.10. The Morgan fingerprint density at radius 3 is 2.65 bits per heavy atom. The first-order chi connectivity index (χ1) is 9.51. The summed E-state index contributed by atoms with van der Waals surface area (Å²) in [4.78, 5) is 12.1. The van der Waals surface area contributed by atoms with Crippen molar-refractivity contribution >= 4 is 11.6 Å². The van der Waals surface area contributed by atoms with Gasteiger partial charge < -0.3 is 15.2 Å². The standard InChI is InChI=1S/C15H14FNO3/c1-9-7-10(3-6-13(9)18)15(19)17-12-5-4-11(16)8-14(12)20-2/h3-8,18H,1-2H3,(H,17,19). The van der Waals surface area contributed by atoms with Gasteiger partial charge in [0.2, 0.25) is 0 Å². The summed E-state index contributed by atoms with van der Waals surface area (Å²) < 4.78 is 18.1. The van der Waals surface area contributed by atoms with Crippen LogP contribution in [0.5, 0.6) is 11.5 Å². The minimum absolute atomic E-state index is 0.126. The van der Waals surface area contributed by atoms with Gasteiger partial charge in [-0.1, -0.05) is 0 Å². The molecule has 0 spiro atoms. The van der Waals surface area contributed by atoms with Crippen molar-refractivity contribution in [3.8, 4) is 11.5 Å². The molecule has 0 aliphatic carbocycles. The molecule has 2 aromatic carbocycles. The second-order valence-electron chi connectivity index (χ2n) is 4.30. The van der Waals surface area contributed by atoms with Crippen LogP contribution in [0.2, 0.25) is 0 Å². The molecular formula is C15H14FNO3. The Morgan fingerprint density at radius 1 is 1.25 bits per heavy atom. The molecule has 0 fully saturated rings. The molecule has 0 saturated carbocycles. The number of benzene rings is 2. The van der Waals surface area contributed by atoms with E-state index in [1.807, 2.05) is 0 Å². The number of phenolic OH excluding ortho intramolecular Hbond substituents is 1. The van der Waals surface area contributed by atoms with Crippen LogP contribution in [0.1, 0.15) is 15.9 Å². The molecule has 1 amide bonds. The first-order valence-electron chi connectivity index (χ1n) is 5.96. The maximum atomic E-state index is 13.1. The van der Waals surface area contributed by atoms with E-state index in [1.165, 1.54) is 37.4 Å². The molecule has 0 aromatic heterocycles. The van der Waals surface area contributed by atoms with Crippen molar-refractivity contribution in [2.24, 2.45) is 0 Å². The molecule has 5 heteroatoms. The fraction of sp³-hybridized carbons (Fsp3) is 0.133. The summed E-state index contributed by atoms with van der Waals surface area (Å²) in [5.41, 5.74) is 1.38. The molecular weight excluding hydrogens is 261 g/mol. The van der Waals surface area contributed by atoms with Crippen LogP contribution in [0, 0.1) is 12.7 Å². The highest BCUT2D eigenvalue weighted by molar-refractivity contribution is 6.05. The summed E-state index contributed by atoms with van der Waals surface area (Å²) in [6.07, 6.45) is 0. The Bertz CT molecular complexity index is 656. The molecule has 104 valence electrons. The molecule has 0 bridgehead atoms. The molecule has 0 atom stereocenters. The van der Waals surface area contributed by atoms with Crippen molar-refractivity contribution in [3.63, 3.8) is 0 Å². The van der Waals surface area contributed by atoms with Crippen molar-refractivity contribution in [3.05, 3.63) is 53.3 Å². The normalized spacial score (nSPS) is 10.2. The van der Waals surface area contributed by atoms with Crippen molar-refractivity contribution in [2.45, 2.75) is 6.92 Å². The van der Waals surface area contributed by atoms with Gasteiger partial charge in [0.05, 0.1) is 12.8 Å². The molecule has 2 aromatic rings. The molecule has 0 aliphatic heterocycles. The zero-order valence-electron chi connectivity index (χ0n) is 11.1. The summed E-state index contributed by atoms with van der Waals surface area (Å²) in [6, 6.07) is 8.39. The molecule has 2 rings (SSSR count). The number of carbonyl (C=O) groups excluding carboxylic acids is 1. The van der Waals surface area contributed by atoms with E-state index in [1.54, 1.807) is 13.0 Å². The number of amides is 1. The second-order valence-corrected chi connectivity index (χ2v) is 4.30. The van der Waals surface area contributed by atoms with E-state index in [9.17, 15) is 14.3 Å². The van der Waals surface area contributed by atoms with Crippen LogP contribution in [-0.4, -0.2) is 18.1 Å². The highest BCUT2D eigenvalue weighted by Gasteiger charge is 2.11. The number of nitrogens with one attached hydrogen (secondary N) is 1. The third-order valence-corrected chi connectivity index (χ3v) is 2.87. The van der Waals surface area contributed by atoms with Crippen molar-refractivity contribution in [1.82, 2.24) is 0 Å². The average Bonchev–Trinajstić information content (AvgIpc) is 2.43. The number of aromatic hydroxyl groups is 1. The number of aryl methyl sites for hydroxylation is 1. The number of halogens is 1. The summed E-state index contributed by atoms with van der Waals surface area (Å²) in [7, 11) is 1.40. The lowest BCUT2D eigenvalue weighted by Gasteiger charge is -2.10. The van der Waals surface area contributed by atoms with Gasteiger partial charge in [0.15, 0.2) is 0 Å². The van der Waals surface area contributed by atoms with Gasteiger partial charge in [-0.2, -0.15) is 0 Å². The number of hydrogen-bond acceptors (Lipinski definition) is 3. The van der Waals surface area contributed by atoms with Gasteiger partial charge >= 0.3 is 0 Å². The van der Waals surface area contributed by atoms with Gasteiger partial charge in [0, 0.05) is 11.6 Å². The number of rotatable bonds is 3. The Kier molecular flexibility index (Phi) is 3.89. The van der Waals surface area contributed by atoms with E-state index < -0.39 is 5.82 Å². The monoisotopic (exact) mass is 275 g/mol. The Hall–Kier alpha value is -2.56. The third kappa shape index (κ3) is 2.88. The summed E-state index contributed by atoms with van der Waals surface area (Å²) >= 11 is 0. The Morgan fingerprint density at radius 2 is 2.00 bits per heavy atom. The largest absolute Gasteiger partial charge is 0.508 e. The van der Waals surface area contributed by atoms with Gasteiger partial charge in [-0.05, 0) is 42.8 Å². The molecule has 0 heterocycles. The number of carbonyl (C=O) groups is 1. The minimum Gasteiger partial charge on any atom is -0.508 e. The van der Waals surface area contributed by atoms with Crippen LogP contribution in [0.4, 0.5) is 10.1 Å². The van der Waals surface area contributed by atoms with Crippen molar-refractivity contribution in [2.75, 3.05) is 12.4 Å². The average molecular weight is 275 g/mol. The Labute approximate surface area is 115 Å². The van der Waals surface area contributed by atoms with Gasteiger partial charge in [-0.25, -0.2) is 4.39 Å². The number of hydrogen-bond donors (Lipinski definition) is 2. The van der Waals surface area contributed by atoms with E-state index in [2.05, 4.69) is 5.32 Å². The molecule has 0 unspecified atom stereocenters. The van der Waals surface area contributed by atoms with Gasteiger partial charge in [-0.3, -0.25) is 4.79 Å². The first kappa shape index (κ1) is 13.9. The van der Waals surface area contributed by atoms with Crippen LogP contribution >= 0.6 is 0 Å². The van der Waals surface area contributed by atoms with Crippen molar-refractivity contribution in [1.29, 1.82) is 0 Å². The van der Waals surface area contributed by atoms with Gasteiger partial charge in [-0.15, -0.1) is 0 Å². The molecule has 0 aliphatic rings. The maximum absolute atomic E-state index is 13.1. The topological polar surface area (TPSA) is 58.6 Å². The molecule has 0 radical (unpaired) electrons. The summed E-state index contributed by atoms with van der Waals surface area (Å²) in [5, 5.41) is 12.1. The van der Waals surface area contributed by atoms with Crippen LogP contribution in [0.15, 0.2) is 36.4 Å². The third-order valence-electron chi connectivity index (χ3n) is 2.87. The molecule has 0 saturated heterocycles. The fourth-order valence-electron chi connectivity index (χ4n) is 1.76. The number of anilines is 1. The van der Waals surface area contributed by atoms with Gasteiger partial charge in [0.1, 0.15) is 17.3 Å². The molecule has 4 nitrogen and oxygen atoms in total. The van der Waals surface area contributed by atoms with E-state index in [-0.39, 0.29) is 17.4 Å². The summed E-state index contributed by atoms with van der Waals surface area (Å²) in [5.74, 6) is -0.437. The quantitative estimate of drug-likeness (QED) is 0.905. The van der Waals surface area contributed by atoms with Crippen LogP contribution in [0.25, 0.3) is 0 Å². The van der Waals surface area contributed by atoms with E-state index >= 15 is 0 Å². The van der Waals surface area contributed by atoms with Gasteiger partial charge in [0.25, 0.3) is 5.91 Å². The van der Waals surface area contributed by atoms with E-state index in [4.69, 9.17) is 4.74 Å². The smallest absolute Gasteiger partial charge is 0.255 e. The highest BCUT2D eigenvalue weighted by Crippen LogP contribution is 2.26. The minimum atomic E-state index is -0.444. The number of ether oxygens (including phenoxy) is 1. The lowest BCUT2D eigenvalue weighted by Crippen LogP contribution is -2.12. The Balaban J connectivity index is 2.25. The van der Waals surface area contributed by atoms with Crippen LogP contribution in [0.3, 0.4) is 0 Å². The number of methoxy groups -OCH3 is 1. The second kappa shape index (κ2) is 5.61. The lowest BCUT2D eigenvalue weighted by atomic mass is 10.1. The zero-order chi connectivity index (χ0) is 14.7. The van der Waals surface area contributed by atoms with Crippen LogP contribution in [-0.2, 0) is 0 Å². The number of phenols is 1. The van der Waals surface area contributed by atoms with E-state index in [0.29, 0.717) is 16.8 Å². The van der Waals surface area contributed by atoms with Crippen LogP contribution < -0.4 is 10.1 Å². The van der Waals surface area contributed by atoms with E-state index in [0.717, 1.165) is 0 Å².